The Morgan fingerprint density at radius 1 is 0.760 bits per heavy atom. The Bertz CT molecular complexity index is 341. The van der Waals surface area contributed by atoms with Crippen LogP contribution in [0.15, 0.2) is 9.67 Å². The normalized spacial score (nSPS) is 12.4. The van der Waals surface area contributed by atoms with Crippen LogP contribution in [0.3, 0.4) is 0 Å². The molecule has 2 nitrogen and oxygen atoms in total. The van der Waals surface area contributed by atoms with Crippen molar-refractivity contribution in [3.05, 3.63) is 9.67 Å². The fourth-order valence-electron chi connectivity index (χ4n) is 3.77. The maximum atomic E-state index is 12.7. The van der Waals surface area contributed by atoms with Crippen LogP contribution in [0.4, 0.5) is 0 Å². The molecule has 25 heavy (non-hydrogen) atoms. The van der Waals surface area contributed by atoms with Crippen LogP contribution in [0.2, 0.25) is 13.3 Å². The third-order valence-corrected chi connectivity index (χ3v) is 21.1. The fourth-order valence-corrected chi connectivity index (χ4v) is 20.2. The van der Waals surface area contributed by atoms with Gasteiger partial charge in [0.05, 0.1) is 0 Å². The molecule has 0 aromatic rings. The van der Waals surface area contributed by atoms with E-state index in [2.05, 4.69) is 33.8 Å². The molecule has 0 aliphatic heterocycles. The van der Waals surface area contributed by atoms with E-state index in [4.69, 9.17) is 4.74 Å². The Balaban J connectivity index is 5.49. The first-order chi connectivity index (χ1) is 12.1. The molecule has 0 unspecified atom stereocenters. The minimum absolute atomic E-state index is 0.00889. The monoisotopic (exact) mass is 460 g/mol. The van der Waals surface area contributed by atoms with Gasteiger partial charge in [-0.15, -0.1) is 0 Å². The van der Waals surface area contributed by atoms with Gasteiger partial charge in [-0.2, -0.15) is 0 Å². The second kappa shape index (κ2) is 16.2. The number of methoxy groups -OCH3 is 1. The van der Waals surface area contributed by atoms with Gasteiger partial charge in [0, 0.05) is 0 Å². The van der Waals surface area contributed by atoms with E-state index in [0.717, 1.165) is 6.42 Å². The topological polar surface area (TPSA) is 26.3 Å². The Hall–Kier alpha value is 0.00870. The summed E-state index contributed by atoms with van der Waals surface area (Å²) < 4.78 is 10.5. The van der Waals surface area contributed by atoms with E-state index in [1.54, 1.807) is 7.11 Å². The molecule has 0 fully saturated rings. The average molecular weight is 459 g/mol. The Morgan fingerprint density at radius 3 is 1.64 bits per heavy atom. The average Bonchev–Trinajstić information content (AvgIpc) is 2.64. The van der Waals surface area contributed by atoms with Crippen molar-refractivity contribution in [1.29, 1.82) is 0 Å². The van der Waals surface area contributed by atoms with E-state index < -0.39 is 18.4 Å². The number of unbranched alkanes of at least 4 members (excludes halogenated alkanes) is 7. The third kappa shape index (κ3) is 10.1. The van der Waals surface area contributed by atoms with Crippen LogP contribution in [-0.2, 0) is 9.53 Å². The summed E-state index contributed by atoms with van der Waals surface area (Å²) in [6.07, 6.45) is 16.0. The number of carbonyl (C=O) groups is 1. The molecule has 0 aromatic heterocycles. The molecule has 3 heteroatoms. The van der Waals surface area contributed by atoms with Gasteiger partial charge in [-0.05, 0) is 0 Å². The molecular formula is C22H44O2Sn. The van der Waals surface area contributed by atoms with Crippen molar-refractivity contribution in [3.63, 3.8) is 0 Å². The number of ether oxygens (including phenoxy) is 1. The van der Waals surface area contributed by atoms with E-state index in [1.807, 2.05) is 0 Å². The second-order valence-corrected chi connectivity index (χ2v) is 20.7. The number of carbonyl (C=O) groups excluding carboxylic acids is 1. The molecule has 0 radical (unpaired) electrons. The van der Waals surface area contributed by atoms with E-state index in [1.165, 1.54) is 81.1 Å². The Labute approximate surface area is 162 Å². The molecule has 0 aromatic carbocycles. The minimum atomic E-state index is -2.67. The van der Waals surface area contributed by atoms with Gasteiger partial charge in [-0.3, -0.25) is 0 Å². The Morgan fingerprint density at radius 2 is 1.24 bits per heavy atom. The van der Waals surface area contributed by atoms with E-state index in [9.17, 15) is 4.79 Å². The van der Waals surface area contributed by atoms with Crippen molar-refractivity contribution in [2.45, 2.75) is 112 Å². The molecule has 0 rings (SSSR count). The van der Waals surface area contributed by atoms with Crippen molar-refractivity contribution in [3.8, 4) is 0 Å². The summed E-state index contributed by atoms with van der Waals surface area (Å²) in [4.78, 5) is 12.7. The quantitative estimate of drug-likeness (QED) is 0.104. The number of allylic oxidation sites excluding steroid dienone is 1. The van der Waals surface area contributed by atoms with Crippen molar-refractivity contribution < 1.29 is 9.53 Å². The van der Waals surface area contributed by atoms with Crippen LogP contribution in [0.1, 0.15) is 98.3 Å². The molecule has 0 saturated carbocycles. The summed E-state index contributed by atoms with van der Waals surface area (Å²) in [5.41, 5.74) is 0. The molecule has 0 bridgehead atoms. The number of hydrogen-bond donors (Lipinski definition) is 0. The van der Waals surface area contributed by atoms with Crippen molar-refractivity contribution in [2.24, 2.45) is 0 Å². The summed E-state index contributed by atoms with van der Waals surface area (Å²) in [5, 5.41) is 0. The fraction of sp³-hybridized carbons (Fsp3) is 0.864. The van der Waals surface area contributed by atoms with Crippen LogP contribution in [0, 0.1) is 0 Å². The first-order valence-electron chi connectivity index (χ1n) is 10.9. The molecule has 0 aliphatic rings. The molecule has 0 atom stereocenters. The molecule has 0 spiro atoms. The summed E-state index contributed by atoms with van der Waals surface area (Å²) >= 11 is -2.67. The predicted octanol–water partition coefficient (Wildman–Crippen LogP) is 7.44. The molecule has 0 aliphatic carbocycles. The van der Waals surface area contributed by atoms with Crippen LogP contribution in [0.5, 0.6) is 0 Å². The number of esters is 1. The second-order valence-electron chi connectivity index (χ2n) is 7.55. The van der Waals surface area contributed by atoms with Crippen LogP contribution in [-0.4, -0.2) is 31.5 Å². The molecule has 148 valence electrons. The SMILES string of the molecule is CCCCCC/C=[C](\C(=O)OC)[Sn]([CH2]CCC)([CH2]CCC)[CH2]CCC. The third-order valence-electron chi connectivity index (χ3n) is 5.41. The van der Waals surface area contributed by atoms with Crippen LogP contribution in [0.25, 0.3) is 0 Å². The van der Waals surface area contributed by atoms with Gasteiger partial charge in [0.1, 0.15) is 0 Å². The van der Waals surface area contributed by atoms with Crippen LogP contribution >= 0.6 is 0 Å². The predicted molar refractivity (Wildman–Crippen MR) is 114 cm³/mol. The van der Waals surface area contributed by atoms with Gasteiger partial charge < -0.3 is 0 Å². The molecule has 0 saturated heterocycles. The number of rotatable bonds is 16. The van der Waals surface area contributed by atoms with Crippen molar-refractivity contribution in [2.75, 3.05) is 7.11 Å². The number of hydrogen-bond acceptors (Lipinski definition) is 2. The van der Waals surface area contributed by atoms with Crippen molar-refractivity contribution in [1.82, 2.24) is 0 Å². The van der Waals surface area contributed by atoms with E-state index in [-0.39, 0.29) is 5.97 Å². The molecule has 0 N–H and O–H groups in total. The van der Waals surface area contributed by atoms with Gasteiger partial charge in [-0.25, -0.2) is 0 Å². The van der Waals surface area contributed by atoms with Gasteiger partial charge >= 0.3 is 162 Å². The van der Waals surface area contributed by atoms with Gasteiger partial charge in [0.15, 0.2) is 0 Å². The standard InChI is InChI=1S/C10H17O2.3C4H9.Sn/c1-3-4-5-6-7-8-9-10(11)12-2;3*1-3-4-2;/h8H,3-7H2,1-2H3;3*1,3-4H2,2H3;. The first-order valence-corrected chi connectivity index (χ1v) is 18.4. The summed E-state index contributed by atoms with van der Waals surface area (Å²) in [5.74, 6) is 0.00889. The van der Waals surface area contributed by atoms with Crippen LogP contribution < -0.4 is 0 Å². The summed E-state index contributed by atoms with van der Waals surface area (Å²) in [6, 6.07) is 0. The summed E-state index contributed by atoms with van der Waals surface area (Å²) in [6.45, 7) is 9.09. The molecular weight excluding hydrogens is 415 g/mol. The zero-order valence-corrected chi connectivity index (χ0v) is 20.6. The van der Waals surface area contributed by atoms with Gasteiger partial charge in [0.2, 0.25) is 0 Å². The van der Waals surface area contributed by atoms with Gasteiger partial charge in [0.25, 0.3) is 0 Å². The first kappa shape index (κ1) is 25.0. The Kier molecular flexibility index (Phi) is 16.2. The van der Waals surface area contributed by atoms with Gasteiger partial charge in [-0.1, -0.05) is 0 Å². The van der Waals surface area contributed by atoms with E-state index in [0.29, 0.717) is 0 Å². The van der Waals surface area contributed by atoms with Crippen molar-refractivity contribution >= 4 is 24.3 Å². The maximum absolute atomic E-state index is 12.7. The zero-order valence-electron chi connectivity index (χ0n) is 17.8. The molecule has 0 amide bonds. The van der Waals surface area contributed by atoms with E-state index >= 15 is 0 Å². The molecule has 0 heterocycles. The summed E-state index contributed by atoms with van der Waals surface area (Å²) in [7, 11) is 1.57. The zero-order chi connectivity index (χ0) is 19.0.